The summed E-state index contributed by atoms with van der Waals surface area (Å²) in [6.45, 7) is 0. The molecule has 0 bridgehead atoms. The zero-order chi connectivity index (χ0) is 13.5. The summed E-state index contributed by atoms with van der Waals surface area (Å²) < 4.78 is 1.73. The van der Waals surface area contributed by atoms with Crippen molar-refractivity contribution in [2.75, 3.05) is 0 Å². The van der Waals surface area contributed by atoms with Gasteiger partial charge >= 0.3 is 0 Å². The molecule has 0 aliphatic carbocycles. The second-order valence-electron chi connectivity index (χ2n) is 4.46. The summed E-state index contributed by atoms with van der Waals surface area (Å²) in [6, 6.07) is 17.6. The minimum atomic E-state index is 0.465. The van der Waals surface area contributed by atoms with E-state index in [2.05, 4.69) is 15.3 Å². The number of hydrogen-bond acceptors (Lipinski definition) is 3. The Balaban J connectivity index is 2.12. The highest BCUT2D eigenvalue weighted by atomic mass is 35.5. The lowest BCUT2D eigenvalue weighted by Crippen LogP contribution is -1.94. The van der Waals surface area contributed by atoms with Crippen LogP contribution < -0.4 is 0 Å². The maximum Gasteiger partial charge on any atom is 0.185 e. The number of benzene rings is 2. The third-order valence-corrected chi connectivity index (χ3v) is 3.54. The average Bonchev–Trinajstić information content (AvgIpc) is 2.92. The third-order valence-electron chi connectivity index (χ3n) is 3.25. The Morgan fingerprint density at radius 2 is 1.65 bits per heavy atom. The topological polar surface area (TPSA) is 43.1 Å². The van der Waals surface area contributed by atoms with Crippen molar-refractivity contribution in [2.45, 2.75) is 0 Å². The molecule has 20 heavy (non-hydrogen) atoms. The maximum atomic E-state index is 6.27. The van der Waals surface area contributed by atoms with Crippen LogP contribution in [0.4, 0.5) is 0 Å². The van der Waals surface area contributed by atoms with E-state index in [9.17, 15) is 0 Å². The molecule has 2 heterocycles. The number of nitrogens with zero attached hydrogens (tertiary/aromatic N) is 4. The lowest BCUT2D eigenvalue weighted by atomic mass is 10.1. The molecule has 0 saturated carbocycles. The van der Waals surface area contributed by atoms with Gasteiger partial charge in [0.1, 0.15) is 10.8 Å². The fraction of sp³-hybridized carbons (Fsp3) is 0. The van der Waals surface area contributed by atoms with Gasteiger partial charge in [-0.15, -0.1) is 5.10 Å². The van der Waals surface area contributed by atoms with Crippen molar-refractivity contribution >= 4 is 28.2 Å². The fourth-order valence-corrected chi connectivity index (χ4v) is 2.55. The Kier molecular flexibility index (Phi) is 2.44. The third kappa shape index (κ3) is 1.58. The first-order valence-electron chi connectivity index (χ1n) is 6.20. The number of fused-ring (bicyclic) bond motifs is 3. The van der Waals surface area contributed by atoms with Crippen LogP contribution in [0.3, 0.4) is 0 Å². The van der Waals surface area contributed by atoms with Gasteiger partial charge in [0.05, 0.1) is 5.52 Å². The quantitative estimate of drug-likeness (QED) is 0.500. The molecule has 0 spiro atoms. The molecule has 4 rings (SSSR count). The second kappa shape index (κ2) is 4.28. The van der Waals surface area contributed by atoms with E-state index in [-0.39, 0.29) is 0 Å². The van der Waals surface area contributed by atoms with E-state index in [0.717, 1.165) is 22.2 Å². The first-order chi connectivity index (χ1) is 9.84. The number of hydrogen-bond donors (Lipinski definition) is 0. The smallest absolute Gasteiger partial charge is 0.185 e. The Bertz CT molecular complexity index is 915. The molecule has 0 fully saturated rings. The molecule has 2 aromatic heterocycles. The molecule has 0 radical (unpaired) electrons. The van der Waals surface area contributed by atoms with Crippen LogP contribution in [-0.2, 0) is 0 Å². The average molecular weight is 281 g/mol. The molecule has 0 amide bonds. The highest BCUT2D eigenvalue weighted by molar-refractivity contribution is 6.34. The molecule has 0 aliphatic heterocycles. The largest absolute Gasteiger partial charge is 0.214 e. The standard InChI is InChI=1S/C15H9ClN4/c16-14-11-8-4-5-9-12(11)20-15(17-14)13(18-19-20)10-6-2-1-3-7-10/h1-9H. The summed E-state index contributed by atoms with van der Waals surface area (Å²) in [4.78, 5) is 4.44. The normalized spacial score (nSPS) is 11.2. The minimum absolute atomic E-state index is 0.465. The zero-order valence-corrected chi connectivity index (χ0v) is 11.1. The second-order valence-corrected chi connectivity index (χ2v) is 4.82. The van der Waals surface area contributed by atoms with E-state index in [1.807, 2.05) is 54.6 Å². The predicted molar refractivity (Wildman–Crippen MR) is 78.7 cm³/mol. The van der Waals surface area contributed by atoms with E-state index in [1.54, 1.807) is 4.52 Å². The summed E-state index contributed by atoms with van der Waals surface area (Å²) in [6.07, 6.45) is 0. The Labute approximate surface area is 119 Å². The highest BCUT2D eigenvalue weighted by Crippen LogP contribution is 2.27. The number of rotatable bonds is 1. The van der Waals surface area contributed by atoms with Crippen LogP contribution in [0.1, 0.15) is 0 Å². The molecular formula is C15H9ClN4. The maximum absolute atomic E-state index is 6.27. The van der Waals surface area contributed by atoms with Crippen LogP contribution in [0.15, 0.2) is 54.6 Å². The number of halogens is 1. The van der Waals surface area contributed by atoms with E-state index >= 15 is 0 Å². The van der Waals surface area contributed by atoms with Gasteiger partial charge in [0.15, 0.2) is 5.65 Å². The van der Waals surface area contributed by atoms with Crippen LogP contribution >= 0.6 is 11.6 Å². The van der Waals surface area contributed by atoms with E-state index < -0.39 is 0 Å². The van der Waals surface area contributed by atoms with Gasteiger partial charge in [0.2, 0.25) is 0 Å². The van der Waals surface area contributed by atoms with Crippen molar-refractivity contribution in [3.05, 3.63) is 59.8 Å². The molecule has 2 aromatic carbocycles. The van der Waals surface area contributed by atoms with Crippen molar-refractivity contribution in [3.8, 4) is 11.3 Å². The molecule has 0 N–H and O–H groups in total. The number of para-hydroxylation sites is 1. The van der Waals surface area contributed by atoms with Gasteiger partial charge in [-0.25, -0.2) is 4.98 Å². The van der Waals surface area contributed by atoms with Crippen LogP contribution in [0.25, 0.3) is 27.8 Å². The Morgan fingerprint density at radius 1 is 0.900 bits per heavy atom. The van der Waals surface area contributed by atoms with Crippen LogP contribution in [0.5, 0.6) is 0 Å². The first kappa shape index (κ1) is 11.4. The van der Waals surface area contributed by atoms with Crippen molar-refractivity contribution in [1.29, 1.82) is 0 Å². The Morgan fingerprint density at radius 3 is 2.50 bits per heavy atom. The lowest BCUT2D eigenvalue weighted by molar-refractivity contribution is 0.877. The van der Waals surface area contributed by atoms with Crippen molar-refractivity contribution in [2.24, 2.45) is 0 Å². The van der Waals surface area contributed by atoms with Gasteiger partial charge in [-0.05, 0) is 12.1 Å². The molecule has 0 saturated heterocycles. The van der Waals surface area contributed by atoms with E-state index in [0.29, 0.717) is 10.8 Å². The summed E-state index contributed by atoms with van der Waals surface area (Å²) in [7, 11) is 0. The molecule has 0 atom stereocenters. The lowest BCUT2D eigenvalue weighted by Gasteiger charge is -2.02. The van der Waals surface area contributed by atoms with Crippen molar-refractivity contribution < 1.29 is 0 Å². The summed E-state index contributed by atoms with van der Waals surface area (Å²) in [5.41, 5.74) is 3.27. The molecule has 4 aromatic rings. The van der Waals surface area contributed by atoms with Crippen LogP contribution in [0, 0.1) is 0 Å². The van der Waals surface area contributed by atoms with Gasteiger partial charge in [-0.1, -0.05) is 59.3 Å². The van der Waals surface area contributed by atoms with Gasteiger partial charge in [-0.2, -0.15) is 4.52 Å². The van der Waals surface area contributed by atoms with Crippen molar-refractivity contribution in [3.63, 3.8) is 0 Å². The van der Waals surface area contributed by atoms with Gasteiger partial charge in [0, 0.05) is 10.9 Å². The summed E-state index contributed by atoms with van der Waals surface area (Å²) in [5.74, 6) is 0. The first-order valence-corrected chi connectivity index (χ1v) is 6.57. The molecule has 0 unspecified atom stereocenters. The van der Waals surface area contributed by atoms with Crippen molar-refractivity contribution in [1.82, 2.24) is 19.8 Å². The zero-order valence-electron chi connectivity index (χ0n) is 10.4. The van der Waals surface area contributed by atoms with Crippen LogP contribution in [0.2, 0.25) is 5.15 Å². The van der Waals surface area contributed by atoms with Gasteiger partial charge < -0.3 is 0 Å². The molecule has 0 aliphatic rings. The summed E-state index contributed by atoms with van der Waals surface area (Å²) >= 11 is 6.27. The van der Waals surface area contributed by atoms with E-state index in [4.69, 9.17) is 11.6 Å². The Hall–Kier alpha value is -2.46. The molecule has 96 valence electrons. The predicted octanol–water partition coefficient (Wildman–Crippen LogP) is 3.60. The molecule has 5 heteroatoms. The number of aromatic nitrogens is 4. The van der Waals surface area contributed by atoms with Gasteiger partial charge in [-0.3, -0.25) is 0 Å². The summed E-state index contributed by atoms with van der Waals surface area (Å²) in [5, 5.41) is 9.79. The monoisotopic (exact) mass is 280 g/mol. The van der Waals surface area contributed by atoms with E-state index in [1.165, 1.54) is 0 Å². The van der Waals surface area contributed by atoms with Gasteiger partial charge in [0.25, 0.3) is 0 Å². The molecular weight excluding hydrogens is 272 g/mol. The minimum Gasteiger partial charge on any atom is -0.214 e. The molecule has 4 nitrogen and oxygen atoms in total. The van der Waals surface area contributed by atoms with Crippen LogP contribution in [-0.4, -0.2) is 19.8 Å². The highest BCUT2D eigenvalue weighted by Gasteiger charge is 2.14. The fourth-order valence-electron chi connectivity index (χ4n) is 2.31. The SMILES string of the molecule is Clc1nc2c(-c3ccccc3)nnn2c2ccccc12.